The number of likely N-dealkylation sites (tertiary alicyclic amines) is 2. The molecule has 2 heterocycles. The van der Waals surface area contributed by atoms with Crippen LogP contribution >= 0.6 is 0 Å². The molecule has 0 radical (unpaired) electrons. The largest absolute Gasteiger partial charge is 0.480 e. The Bertz CT molecular complexity index is 654. The minimum atomic E-state index is -1.34. The van der Waals surface area contributed by atoms with Crippen LogP contribution in [0.25, 0.3) is 0 Å². The number of aliphatic hydroxyl groups is 2. The summed E-state index contributed by atoms with van der Waals surface area (Å²) in [5.41, 5.74) is 5.58. The van der Waals surface area contributed by atoms with Gasteiger partial charge in [-0.15, -0.1) is 0 Å². The van der Waals surface area contributed by atoms with Crippen molar-refractivity contribution in [3.8, 4) is 0 Å². The fourth-order valence-electron chi connectivity index (χ4n) is 3.80. The first-order valence-corrected chi connectivity index (χ1v) is 9.82. The maximum atomic E-state index is 13.0. The van der Waals surface area contributed by atoms with E-state index < -0.39 is 60.1 Å². The number of carbonyl (C=O) groups excluding carboxylic acids is 3. The highest BCUT2D eigenvalue weighted by Crippen LogP contribution is 2.25. The van der Waals surface area contributed by atoms with Crippen molar-refractivity contribution in [2.24, 2.45) is 5.73 Å². The Kier molecular flexibility index (Phi) is 7.55. The van der Waals surface area contributed by atoms with Gasteiger partial charge in [-0.1, -0.05) is 0 Å². The zero-order valence-corrected chi connectivity index (χ0v) is 16.7. The molecular formula is C18H30N4O7. The van der Waals surface area contributed by atoms with Crippen molar-refractivity contribution < 1.29 is 34.5 Å². The van der Waals surface area contributed by atoms with Crippen LogP contribution in [0.2, 0.25) is 0 Å². The summed E-state index contributed by atoms with van der Waals surface area (Å²) < 4.78 is 0. The highest BCUT2D eigenvalue weighted by Gasteiger charge is 2.44. The Morgan fingerprint density at radius 3 is 2.03 bits per heavy atom. The van der Waals surface area contributed by atoms with E-state index >= 15 is 0 Å². The summed E-state index contributed by atoms with van der Waals surface area (Å²) in [4.78, 5) is 52.1. The highest BCUT2D eigenvalue weighted by molar-refractivity contribution is 5.95. The second kappa shape index (κ2) is 9.51. The molecule has 0 spiro atoms. The summed E-state index contributed by atoms with van der Waals surface area (Å²) in [7, 11) is 0. The van der Waals surface area contributed by atoms with Gasteiger partial charge in [-0.3, -0.25) is 14.4 Å². The number of nitrogens with zero attached hydrogens (tertiary/aromatic N) is 2. The second-order valence-corrected chi connectivity index (χ2v) is 7.71. The molecule has 164 valence electrons. The number of carboxylic acid groups (broad SMARTS) is 1. The van der Waals surface area contributed by atoms with Crippen molar-refractivity contribution in [3.05, 3.63) is 0 Å². The van der Waals surface area contributed by atoms with Gasteiger partial charge in [0.1, 0.15) is 24.2 Å². The Balaban J connectivity index is 2.15. The molecule has 2 aliphatic heterocycles. The van der Waals surface area contributed by atoms with Crippen LogP contribution in [-0.4, -0.2) is 98.3 Å². The molecule has 6 N–H and O–H groups in total. The van der Waals surface area contributed by atoms with Crippen molar-refractivity contribution in [1.82, 2.24) is 15.1 Å². The molecule has 0 aromatic heterocycles. The Hall–Kier alpha value is -2.24. The fraction of sp³-hybridized carbons (Fsp3) is 0.778. The van der Waals surface area contributed by atoms with Crippen molar-refractivity contribution in [1.29, 1.82) is 0 Å². The van der Waals surface area contributed by atoms with Gasteiger partial charge < -0.3 is 36.2 Å². The van der Waals surface area contributed by atoms with E-state index in [1.54, 1.807) is 0 Å². The summed E-state index contributed by atoms with van der Waals surface area (Å²) in [5.74, 6) is -2.95. The number of nitrogens with two attached hydrogens (primary N) is 1. The van der Waals surface area contributed by atoms with Gasteiger partial charge in [0, 0.05) is 13.1 Å². The van der Waals surface area contributed by atoms with Crippen LogP contribution in [0.3, 0.4) is 0 Å². The van der Waals surface area contributed by atoms with Crippen LogP contribution in [-0.2, 0) is 19.2 Å². The molecule has 11 nitrogen and oxygen atoms in total. The molecule has 29 heavy (non-hydrogen) atoms. The number of hydrogen-bond acceptors (Lipinski definition) is 7. The summed E-state index contributed by atoms with van der Waals surface area (Å²) in [6.07, 6.45) is -0.549. The molecule has 0 aromatic carbocycles. The van der Waals surface area contributed by atoms with Crippen LogP contribution in [0.5, 0.6) is 0 Å². The van der Waals surface area contributed by atoms with Crippen molar-refractivity contribution >= 4 is 23.7 Å². The molecular weight excluding hydrogens is 384 g/mol. The van der Waals surface area contributed by atoms with E-state index in [1.165, 1.54) is 23.6 Å². The van der Waals surface area contributed by atoms with Crippen molar-refractivity contribution in [3.63, 3.8) is 0 Å². The standard InChI is InChI=1S/C18H30N4O7/c1-9(23)13(19)15(25)20-14(10(2)24)17(27)21-7-3-5-11(21)16(26)22-8-4-6-12(22)18(28)29/h9-14,23-24H,3-8,19H2,1-2H3,(H,20,25)(H,28,29)/t9-,10-,11+,12+,13+,14+/m1/s1. The van der Waals surface area contributed by atoms with Crippen LogP contribution in [0.4, 0.5) is 0 Å². The normalized spacial score (nSPS) is 26.0. The van der Waals surface area contributed by atoms with Gasteiger partial charge >= 0.3 is 5.97 Å². The van der Waals surface area contributed by atoms with E-state index in [1.807, 2.05) is 0 Å². The molecule has 2 rings (SSSR count). The SMILES string of the molecule is C[C@@H](O)[C@H](N)C(=O)N[C@H](C(=O)N1CCC[C@H]1C(=O)N1CCC[C@H]1C(=O)O)[C@@H](C)O. The lowest BCUT2D eigenvalue weighted by Gasteiger charge is -2.33. The lowest BCUT2D eigenvalue weighted by atomic mass is 10.1. The van der Waals surface area contributed by atoms with E-state index in [0.29, 0.717) is 32.2 Å². The van der Waals surface area contributed by atoms with E-state index in [2.05, 4.69) is 5.32 Å². The van der Waals surface area contributed by atoms with Crippen LogP contribution in [0.1, 0.15) is 39.5 Å². The van der Waals surface area contributed by atoms with E-state index in [-0.39, 0.29) is 6.54 Å². The monoisotopic (exact) mass is 414 g/mol. The summed E-state index contributed by atoms with van der Waals surface area (Å²) in [6, 6.07) is -4.36. The first-order valence-electron chi connectivity index (χ1n) is 9.82. The summed E-state index contributed by atoms with van der Waals surface area (Å²) >= 11 is 0. The number of aliphatic carboxylic acids is 1. The lowest BCUT2D eigenvalue weighted by Crippen LogP contribution is -2.60. The van der Waals surface area contributed by atoms with Gasteiger partial charge in [0.15, 0.2) is 0 Å². The van der Waals surface area contributed by atoms with Crippen LogP contribution < -0.4 is 11.1 Å². The molecule has 2 fully saturated rings. The molecule has 0 bridgehead atoms. The van der Waals surface area contributed by atoms with E-state index in [0.717, 1.165) is 0 Å². The Morgan fingerprint density at radius 2 is 1.52 bits per heavy atom. The lowest BCUT2D eigenvalue weighted by molar-refractivity contribution is -0.153. The quantitative estimate of drug-likeness (QED) is 0.307. The average Bonchev–Trinajstić information content (AvgIpc) is 3.33. The molecule has 0 aromatic rings. The summed E-state index contributed by atoms with van der Waals surface area (Å²) in [6.45, 7) is 3.22. The molecule has 0 aliphatic carbocycles. The van der Waals surface area contributed by atoms with Crippen LogP contribution in [0, 0.1) is 0 Å². The minimum Gasteiger partial charge on any atom is -0.480 e. The molecule has 0 saturated carbocycles. The third kappa shape index (κ3) is 5.03. The third-order valence-electron chi connectivity index (χ3n) is 5.51. The maximum absolute atomic E-state index is 13.0. The number of nitrogens with one attached hydrogen (secondary N) is 1. The number of carbonyl (C=O) groups is 4. The zero-order chi connectivity index (χ0) is 21.9. The van der Waals surface area contributed by atoms with Gasteiger partial charge in [-0.2, -0.15) is 0 Å². The number of amides is 3. The van der Waals surface area contributed by atoms with Crippen molar-refractivity contribution in [2.75, 3.05) is 13.1 Å². The Morgan fingerprint density at radius 1 is 0.966 bits per heavy atom. The number of aliphatic hydroxyl groups excluding tert-OH is 2. The van der Waals surface area contributed by atoms with E-state index in [9.17, 15) is 34.5 Å². The van der Waals surface area contributed by atoms with Gasteiger partial charge in [0.2, 0.25) is 17.7 Å². The van der Waals surface area contributed by atoms with Crippen molar-refractivity contribution in [2.45, 2.75) is 75.9 Å². The molecule has 2 aliphatic rings. The number of rotatable bonds is 7. The zero-order valence-electron chi connectivity index (χ0n) is 16.7. The topological polar surface area (TPSA) is 173 Å². The average molecular weight is 414 g/mol. The highest BCUT2D eigenvalue weighted by atomic mass is 16.4. The van der Waals surface area contributed by atoms with Gasteiger partial charge in [-0.05, 0) is 39.5 Å². The fourth-order valence-corrected chi connectivity index (χ4v) is 3.80. The minimum absolute atomic E-state index is 0.252. The molecule has 3 amide bonds. The van der Waals surface area contributed by atoms with Gasteiger partial charge in [-0.25, -0.2) is 4.79 Å². The summed E-state index contributed by atoms with van der Waals surface area (Å²) in [5, 5.41) is 31.1. The molecule has 11 heteroatoms. The predicted molar refractivity (Wildman–Crippen MR) is 100 cm³/mol. The molecule has 0 unspecified atom stereocenters. The van der Waals surface area contributed by atoms with E-state index in [4.69, 9.17) is 5.73 Å². The first kappa shape index (κ1) is 23.0. The molecule has 6 atom stereocenters. The van der Waals surface area contributed by atoms with Crippen LogP contribution in [0.15, 0.2) is 0 Å². The number of carboxylic acids is 1. The second-order valence-electron chi connectivity index (χ2n) is 7.71. The van der Waals surface area contributed by atoms with Gasteiger partial charge in [0.05, 0.1) is 12.2 Å². The maximum Gasteiger partial charge on any atom is 0.326 e. The first-order chi connectivity index (χ1) is 13.6. The number of hydrogen-bond donors (Lipinski definition) is 5. The molecule has 2 saturated heterocycles. The smallest absolute Gasteiger partial charge is 0.326 e. The van der Waals surface area contributed by atoms with Gasteiger partial charge in [0.25, 0.3) is 0 Å². The Labute approximate surface area is 168 Å². The predicted octanol–water partition coefficient (Wildman–Crippen LogP) is -2.37. The third-order valence-corrected chi connectivity index (χ3v) is 5.51.